The molecule has 0 aromatic carbocycles. The van der Waals surface area contributed by atoms with E-state index in [-0.39, 0.29) is 0 Å². The first-order valence-corrected chi connectivity index (χ1v) is 6.48. The third-order valence-corrected chi connectivity index (χ3v) is 2.67. The van der Waals surface area contributed by atoms with E-state index in [9.17, 15) is 4.21 Å². The second-order valence-corrected chi connectivity index (χ2v) is 4.74. The predicted octanol–water partition coefficient (Wildman–Crippen LogP) is 0.241. The lowest BCUT2D eigenvalue weighted by molar-refractivity contribution is 0.592. The van der Waals surface area contributed by atoms with E-state index in [0.29, 0.717) is 0 Å². The average Bonchev–Trinajstić information content (AvgIpc) is 2.63. The number of aromatic nitrogens is 2. The second kappa shape index (κ2) is 6.73. The molecule has 1 unspecified atom stereocenters. The van der Waals surface area contributed by atoms with Crippen LogP contribution < -0.4 is 5.32 Å². The number of hydrogen-bond acceptors (Lipinski definition) is 3. The van der Waals surface area contributed by atoms with Gasteiger partial charge >= 0.3 is 0 Å². The highest BCUT2D eigenvalue weighted by Crippen LogP contribution is 1.88. The molecule has 0 aliphatic carbocycles. The van der Waals surface area contributed by atoms with E-state index < -0.39 is 10.8 Å². The first kappa shape index (κ1) is 11.4. The third kappa shape index (κ3) is 5.14. The van der Waals surface area contributed by atoms with E-state index in [1.807, 2.05) is 12.5 Å². The van der Waals surface area contributed by atoms with Crippen molar-refractivity contribution < 1.29 is 4.21 Å². The highest BCUT2D eigenvalue weighted by atomic mass is 32.2. The molecule has 0 radical (unpaired) electrons. The molecule has 80 valence electrons. The molecule has 5 heteroatoms. The van der Waals surface area contributed by atoms with Crippen LogP contribution in [0.25, 0.3) is 0 Å². The van der Waals surface area contributed by atoms with Crippen LogP contribution in [0, 0.1) is 0 Å². The second-order valence-electron chi connectivity index (χ2n) is 3.18. The van der Waals surface area contributed by atoms with Gasteiger partial charge in [0.25, 0.3) is 0 Å². The van der Waals surface area contributed by atoms with E-state index in [2.05, 4.69) is 14.9 Å². The van der Waals surface area contributed by atoms with Gasteiger partial charge in [-0.3, -0.25) is 4.21 Å². The zero-order valence-corrected chi connectivity index (χ0v) is 9.30. The third-order valence-electron chi connectivity index (χ3n) is 1.90. The minimum absolute atomic E-state index is 0.678. The van der Waals surface area contributed by atoms with Gasteiger partial charge in [-0.2, -0.15) is 0 Å². The summed E-state index contributed by atoms with van der Waals surface area (Å²) in [6.45, 7) is 2.80. The lowest BCUT2D eigenvalue weighted by Crippen LogP contribution is -2.22. The van der Waals surface area contributed by atoms with Crippen molar-refractivity contribution in [3.05, 3.63) is 18.7 Å². The SMILES string of the molecule is CS(=O)CCNCCCn1ccnc1. The Bertz CT molecular complexity index is 261. The van der Waals surface area contributed by atoms with Crippen LogP contribution in [0.1, 0.15) is 6.42 Å². The fourth-order valence-corrected chi connectivity index (χ4v) is 1.58. The summed E-state index contributed by atoms with van der Waals surface area (Å²) < 4.78 is 12.8. The lowest BCUT2D eigenvalue weighted by atomic mass is 10.4. The maximum Gasteiger partial charge on any atom is 0.0945 e. The summed E-state index contributed by atoms with van der Waals surface area (Å²) >= 11 is 0. The largest absolute Gasteiger partial charge is 0.337 e. The summed E-state index contributed by atoms with van der Waals surface area (Å²) in [5.41, 5.74) is 0. The highest BCUT2D eigenvalue weighted by Gasteiger charge is 1.92. The summed E-state index contributed by atoms with van der Waals surface area (Å²) in [6.07, 6.45) is 8.37. The van der Waals surface area contributed by atoms with E-state index >= 15 is 0 Å². The van der Waals surface area contributed by atoms with Crippen LogP contribution in [0.3, 0.4) is 0 Å². The fraction of sp³-hybridized carbons (Fsp3) is 0.667. The first-order valence-electron chi connectivity index (χ1n) is 4.75. The summed E-state index contributed by atoms with van der Waals surface area (Å²) in [5, 5.41) is 3.25. The molecule has 1 aromatic rings. The fourth-order valence-electron chi connectivity index (χ4n) is 1.15. The van der Waals surface area contributed by atoms with Gasteiger partial charge in [0, 0.05) is 48.3 Å². The first-order chi connectivity index (χ1) is 6.79. The Morgan fingerprint density at radius 3 is 3.00 bits per heavy atom. The Labute approximate surface area is 87.2 Å². The molecular weight excluding hydrogens is 198 g/mol. The van der Waals surface area contributed by atoms with E-state index in [4.69, 9.17) is 0 Å². The molecule has 0 aliphatic heterocycles. The molecule has 1 aromatic heterocycles. The lowest BCUT2D eigenvalue weighted by Gasteiger charge is -2.03. The Kier molecular flexibility index (Phi) is 5.47. The van der Waals surface area contributed by atoms with Crippen molar-refractivity contribution in [2.75, 3.05) is 25.1 Å². The minimum atomic E-state index is -0.678. The van der Waals surface area contributed by atoms with Crippen molar-refractivity contribution >= 4 is 10.8 Å². The number of nitrogens with one attached hydrogen (secondary N) is 1. The highest BCUT2D eigenvalue weighted by molar-refractivity contribution is 7.84. The summed E-state index contributed by atoms with van der Waals surface area (Å²) in [5.74, 6) is 0.741. The van der Waals surface area contributed by atoms with E-state index in [1.165, 1.54) is 0 Å². The van der Waals surface area contributed by atoms with E-state index in [1.54, 1.807) is 12.5 Å². The Balaban J connectivity index is 1.92. The van der Waals surface area contributed by atoms with Gasteiger partial charge < -0.3 is 9.88 Å². The van der Waals surface area contributed by atoms with Gasteiger partial charge in [0.05, 0.1) is 6.33 Å². The zero-order chi connectivity index (χ0) is 10.2. The number of hydrogen-bond donors (Lipinski definition) is 1. The maximum atomic E-state index is 10.7. The van der Waals surface area contributed by atoms with Crippen molar-refractivity contribution in [3.8, 4) is 0 Å². The van der Waals surface area contributed by atoms with Crippen LogP contribution in [0.15, 0.2) is 18.7 Å². The number of nitrogens with zero attached hydrogens (tertiary/aromatic N) is 2. The Morgan fingerprint density at radius 1 is 1.50 bits per heavy atom. The molecule has 4 nitrogen and oxygen atoms in total. The van der Waals surface area contributed by atoms with Crippen molar-refractivity contribution in [3.63, 3.8) is 0 Å². The molecular formula is C9H17N3OS. The van der Waals surface area contributed by atoms with Gasteiger partial charge in [-0.15, -0.1) is 0 Å². The predicted molar refractivity (Wildman–Crippen MR) is 58.6 cm³/mol. The number of rotatable bonds is 7. The van der Waals surface area contributed by atoms with Crippen LogP contribution in [0.2, 0.25) is 0 Å². The van der Waals surface area contributed by atoms with Gasteiger partial charge in [0.1, 0.15) is 0 Å². The Morgan fingerprint density at radius 2 is 2.36 bits per heavy atom. The summed E-state index contributed by atoms with van der Waals surface area (Å²) in [6, 6.07) is 0. The van der Waals surface area contributed by atoms with Crippen molar-refractivity contribution in [1.29, 1.82) is 0 Å². The molecule has 0 bridgehead atoms. The molecule has 0 spiro atoms. The molecule has 14 heavy (non-hydrogen) atoms. The van der Waals surface area contributed by atoms with Crippen LogP contribution in [0.4, 0.5) is 0 Å². The molecule has 0 saturated carbocycles. The van der Waals surface area contributed by atoms with Crippen LogP contribution in [0.5, 0.6) is 0 Å². The smallest absolute Gasteiger partial charge is 0.0945 e. The molecule has 0 saturated heterocycles. The molecule has 0 fully saturated rings. The summed E-state index contributed by atoms with van der Waals surface area (Å²) in [4.78, 5) is 3.96. The van der Waals surface area contributed by atoms with Gasteiger partial charge in [0.2, 0.25) is 0 Å². The van der Waals surface area contributed by atoms with Gasteiger partial charge in [-0.25, -0.2) is 4.98 Å². The zero-order valence-electron chi connectivity index (χ0n) is 8.48. The van der Waals surface area contributed by atoms with Crippen LogP contribution >= 0.6 is 0 Å². The van der Waals surface area contributed by atoms with Gasteiger partial charge in [-0.1, -0.05) is 0 Å². The molecule has 0 aliphatic rings. The normalized spacial score (nSPS) is 12.9. The monoisotopic (exact) mass is 215 g/mol. The molecule has 1 N–H and O–H groups in total. The van der Waals surface area contributed by atoms with Crippen LogP contribution in [-0.2, 0) is 17.3 Å². The molecule has 0 amide bonds. The van der Waals surface area contributed by atoms with Crippen LogP contribution in [-0.4, -0.2) is 38.9 Å². The minimum Gasteiger partial charge on any atom is -0.337 e. The Hall–Kier alpha value is -0.680. The van der Waals surface area contributed by atoms with Gasteiger partial charge in [-0.05, 0) is 13.0 Å². The molecule has 1 rings (SSSR count). The quantitative estimate of drug-likeness (QED) is 0.663. The van der Waals surface area contributed by atoms with Gasteiger partial charge in [0.15, 0.2) is 0 Å². The van der Waals surface area contributed by atoms with E-state index in [0.717, 1.165) is 31.8 Å². The maximum absolute atomic E-state index is 10.7. The molecule has 1 atom stereocenters. The molecule has 1 heterocycles. The van der Waals surface area contributed by atoms with Crippen molar-refractivity contribution in [2.45, 2.75) is 13.0 Å². The summed E-state index contributed by atoms with van der Waals surface area (Å²) in [7, 11) is -0.678. The number of aryl methyl sites for hydroxylation is 1. The standard InChI is InChI=1S/C9H17N3OS/c1-14(13)8-5-10-3-2-6-12-7-4-11-9-12/h4,7,9-10H,2-3,5-6,8H2,1H3. The number of imidazole rings is 1. The topological polar surface area (TPSA) is 46.9 Å². The van der Waals surface area contributed by atoms with Crippen molar-refractivity contribution in [2.24, 2.45) is 0 Å². The van der Waals surface area contributed by atoms with Crippen molar-refractivity contribution in [1.82, 2.24) is 14.9 Å². The average molecular weight is 215 g/mol.